The number of carboxylic acids is 1. The minimum atomic E-state index is -0.765. The second-order valence-electron chi connectivity index (χ2n) is 3.60. The molecule has 4 heteroatoms. The average molecular weight is 216 g/mol. The highest BCUT2D eigenvalue weighted by atomic mass is 16.4. The fourth-order valence-electron chi connectivity index (χ4n) is 1.55. The maximum atomic E-state index is 10.4. The number of nitrogens with zero attached hydrogens (tertiary/aromatic N) is 2. The van der Waals surface area contributed by atoms with Crippen LogP contribution < -0.4 is 0 Å². The molecular weight excluding hydrogens is 204 g/mol. The van der Waals surface area contributed by atoms with Crippen LogP contribution in [0.5, 0.6) is 0 Å². The van der Waals surface area contributed by atoms with Gasteiger partial charge in [-0.15, -0.1) is 0 Å². The van der Waals surface area contributed by atoms with Crippen LogP contribution in [-0.2, 0) is 11.2 Å². The first-order valence-electron chi connectivity index (χ1n) is 5.18. The highest BCUT2D eigenvalue weighted by Crippen LogP contribution is 2.10. The summed E-state index contributed by atoms with van der Waals surface area (Å²) in [4.78, 5) is 18.9. The molecule has 1 N–H and O–H groups in total. The lowest BCUT2D eigenvalue weighted by Crippen LogP contribution is -1.97. The Morgan fingerprint density at radius 2 is 2.19 bits per heavy atom. The van der Waals surface area contributed by atoms with Gasteiger partial charge in [0.2, 0.25) is 0 Å². The lowest BCUT2D eigenvalue weighted by molar-refractivity contribution is -0.137. The molecule has 0 atom stereocenters. The van der Waals surface area contributed by atoms with Crippen molar-refractivity contribution < 1.29 is 9.90 Å². The van der Waals surface area contributed by atoms with Gasteiger partial charge in [-0.1, -0.05) is 0 Å². The Labute approximate surface area is 93.0 Å². The molecule has 0 radical (unpaired) electrons. The third-order valence-electron chi connectivity index (χ3n) is 2.35. The van der Waals surface area contributed by atoms with Gasteiger partial charge in [0.05, 0.1) is 0 Å². The first-order chi connectivity index (χ1) is 7.75. The molecule has 82 valence electrons. The minimum Gasteiger partial charge on any atom is -0.481 e. The Hall–Kier alpha value is -1.97. The maximum Gasteiger partial charge on any atom is 0.303 e. The van der Waals surface area contributed by atoms with Crippen LogP contribution in [0, 0.1) is 0 Å². The molecule has 2 rings (SSSR count). The summed E-state index contributed by atoms with van der Waals surface area (Å²) in [6, 6.07) is 7.71. The van der Waals surface area contributed by atoms with Crippen molar-refractivity contribution in [3.05, 3.63) is 36.2 Å². The standard InChI is InChI=1S/C12H12N2O2/c15-11(16)5-1-4-10-7-6-9-3-2-8-13-12(9)14-10/h2-3,6-8H,1,4-5H2,(H,15,16). The van der Waals surface area contributed by atoms with Crippen molar-refractivity contribution in [2.45, 2.75) is 19.3 Å². The summed E-state index contributed by atoms with van der Waals surface area (Å²) in [6.07, 6.45) is 3.18. The van der Waals surface area contributed by atoms with E-state index in [2.05, 4.69) is 9.97 Å². The number of carbonyl (C=O) groups is 1. The Bertz CT molecular complexity index is 511. The molecule has 0 unspecified atom stereocenters. The van der Waals surface area contributed by atoms with E-state index in [1.54, 1.807) is 6.20 Å². The number of rotatable bonds is 4. The van der Waals surface area contributed by atoms with Gasteiger partial charge in [-0.05, 0) is 37.1 Å². The molecule has 0 aliphatic carbocycles. The van der Waals surface area contributed by atoms with Gasteiger partial charge >= 0.3 is 5.97 Å². The lowest BCUT2D eigenvalue weighted by atomic mass is 10.1. The fraction of sp³-hybridized carbons (Fsp3) is 0.250. The van der Waals surface area contributed by atoms with Crippen molar-refractivity contribution in [3.63, 3.8) is 0 Å². The molecule has 0 saturated heterocycles. The predicted octanol–water partition coefficient (Wildman–Crippen LogP) is 2.04. The van der Waals surface area contributed by atoms with Crippen LogP contribution in [0.25, 0.3) is 11.0 Å². The van der Waals surface area contributed by atoms with Crippen LogP contribution in [0.3, 0.4) is 0 Å². The molecule has 0 amide bonds. The van der Waals surface area contributed by atoms with E-state index in [4.69, 9.17) is 5.11 Å². The van der Waals surface area contributed by atoms with E-state index in [-0.39, 0.29) is 6.42 Å². The quantitative estimate of drug-likeness (QED) is 0.849. The lowest BCUT2D eigenvalue weighted by Gasteiger charge is -2.00. The summed E-state index contributed by atoms with van der Waals surface area (Å²) in [5.41, 5.74) is 1.61. The number of fused-ring (bicyclic) bond motifs is 1. The molecular formula is C12H12N2O2. The highest BCUT2D eigenvalue weighted by Gasteiger charge is 2.01. The predicted molar refractivity (Wildman–Crippen MR) is 60.1 cm³/mol. The second-order valence-corrected chi connectivity index (χ2v) is 3.60. The number of pyridine rings is 2. The number of hydrogen-bond donors (Lipinski definition) is 1. The van der Waals surface area contributed by atoms with Gasteiger partial charge in [-0.2, -0.15) is 0 Å². The largest absolute Gasteiger partial charge is 0.481 e. The Morgan fingerprint density at radius 1 is 1.31 bits per heavy atom. The molecule has 0 fully saturated rings. The van der Waals surface area contributed by atoms with E-state index in [0.29, 0.717) is 12.8 Å². The van der Waals surface area contributed by atoms with Crippen molar-refractivity contribution in [1.82, 2.24) is 9.97 Å². The number of aliphatic carboxylic acids is 1. The third-order valence-corrected chi connectivity index (χ3v) is 2.35. The Morgan fingerprint density at radius 3 is 3.00 bits per heavy atom. The van der Waals surface area contributed by atoms with Crippen molar-refractivity contribution in [3.8, 4) is 0 Å². The van der Waals surface area contributed by atoms with Crippen molar-refractivity contribution in [2.75, 3.05) is 0 Å². The fourth-order valence-corrected chi connectivity index (χ4v) is 1.55. The van der Waals surface area contributed by atoms with Crippen molar-refractivity contribution in [2.24, 2.45) is 0 Å². The first-order valence-corrected chi connectivity index (χ1v) is 5.18. The monoisotopic (exact) mass is 216 g/mol. The summed E-state index contributed by atoms with van der Waals surface area (Å²) >= 11 is 0. The van der Waals surface area contributed by atoms with E-state index in [9.17, 15) is 4.79 Å². The third kappa shape index (κ3) is 2.53. The molecule has 0 spiro atoms. The summed E-state index contributed by atoms with van der Waals surface area (Å²) in [5.74, 6) is -0.765. The smallest absolute Gasteiger partial charge is 0.303 e. The van der Waals surface area contributed by atoms with Gasteiger partial charge in [0.1, 0.15) is 0 Å². The molecule has 0 aliphatic heterocycles. The average Bonchev–Trinajstić information content (AvgIpc) is 2.28. The number of carboxylic acid groups (broad SMARTS) is 1. The topological polar surface area (TPSA) is 63.1 Å². The highest BCUT2D eigenvalue weighted by molar-refractivity contribution is 5.74. The zero-order valence-electron chi connectivity index (χ0n) is 8.76. The Kier molecular flexibility index (Phi) is 3.10. The van der Waals surface area contributed by atoms with Gasteiger partial charge in [0, 0.05) is 23.7 Å². The van der Waals surface area contributed by atoms with Crippen molar-refractivity contribution in [1.29, 1.82) is 0 Å². The number of aromatic nitrogens is 2. The SMILES string of the molecule is O=C(O)CCCc1ccc2cccnc2n1. The van der Waals surface area contributed by atoms with Crippen LogP contribution in [-0.4, -0.2) is 21.0 Å². The molecule has 0 saturated carbocycles. The van der Waals surface area contributed by atoms with Crippen LogP contribution >= 0.6 is 0 Å². The normalized spacial score (nSPS) is 10.5. The number of hydrogen-bond acceptors (Lipinski definition) is 3. The summed E-state index contributed by atoms with van der Waals surface area (Å²) in [5, 5.41) is 9.53. The maximum absolute atomic E-state index is 10.4. The zero-order valence-corrected chi connectivity index (χ0v) is 8.76. The van der Waals surface area contributed by atoms with Gasteiger partial charge in [0.15, 0.2) is 5.65 Å². The second kappa shape index (κ2) is 4.70. The molecule has 2 aromatic heterocycles. The summed E-state index contributed by atoms with van der Waals surface area (Å²) in [7, 11) is 0. The van der Waals surface area contributed by atoms with E-state index in [1.165, 1.54) is 0 Å². The van der Waals surface area contributed by atoms with Crippen LogP contribution in [0.4, 0.5) is 0 Å². The van der Waals surface area contributed by atoms with E-state index >= 15 is 0 Å². The molecule has 16 heavy (non-hydrogen) atoms. The van der Waals surface area contributed by atoms with Gasteiger partial charge in [0.25, 0.3) is 0 Å². The summed E-state index contributed by atoms with van der Waals surface area (Å²) < 4.78 is 0. The first kappa shape index (κ1) is 10.5. The molecule has 2 aromatic rings. The minimum absolute atomic E-state index is 0.182. The Balaban J connectivity index is 2.10. The summed E-state index contributed by atoms with van der Waals surface area (Å²) in [6.45, 7) is 0. The van der Waals surface area contributed by atoms with E-state index < -0.39 is 5.97 Å². The van der Waals surface area contributed by atoms with Gasteiger partial charge < -0.3 is 5.11 Å². The van der Waals surface area contributed by atoms with E-state index in [0.717, 1.165) is 16.7 Å². The molecule has 2 heterocycles. The van der Waals surface area contributed by atoms with Gasteiger partial charge in [-0.3, -0.25) is 4.79 Å². The molecule has 0 aliphatic rings. The molecule has 0 aromatic carbocycles. The van der Waals surface area contributed by atoms with E-state index in [1.807, 2.05) is 24.3 Å². The molecule has 0 bridgehead atoms. The van der Waals surface area contributed by atoms with Crippen LogP contribution in [0.15, 0.2) is 30.5 Å². The van der Waals surface area contributed by atoms with Crippen LogP contribution in [0.2, 0.25) is 0 Å². The number of aryl methyl sites for hydroxylation is 1. The van der Waals surface area contributed by atoms with Crippen LogP contribution in [0.1, 0.15) is 18.5 Å². The zero-order chi connectivity index (χ0) is 11.4. The van der Waals surface area contributed by atoms with Crippen molar-refractivity contribution >= 4 is 17.0 Å². The van der Waals surface area contributed by atoms with Gasteiger partial charge in [-0.25, -0.2) is 9.97 Å². The molecule has 4 nitrogen and oxygen atoms in total.